The van der Waals surface area contributed by atoms with E-state index in [4.69, 9.17) is 5.73 Å². The quantitative estimate of drug-likeness (QED) is 0.679. The highest BCUT2D eigenvalue weighted by molar-refractivity contribution is 14.1. The first kappa shape index (κ1) is 13.2. The summed E-state index contributed by atoms with van der Waals surface area (Å²) in [6.07, 6.45) is 0. The van der Waals surface area contributed by atoms with Gasteiger partial charge in [0.2, 0.25) is 0 Å². The van der Waals surface area contributed by atoms with Crippen LogP contribution in [0.3, 0.4) is 0 Å². The van der Waals surface area contributed by atoms with Crippen molar-refractivity contribution in [2.45, 2.75) is 13.0 Å². The van der Waals surface area contributed by atoms with Gasteiger partial charge in [0.15, 0.2) is 5.78 Å². The van der Waals surface area contributed by atoms with E-state index >= 15 is 0 Å². The lowest BCUT2D eigenvalue weighted by atomic mass is 10.0. The monoisotopic (exact) mass is 351 g/mol. The molecule has 2 N–H and O–H groups in total. The fourth-order valence-electron chi connectivity index (χ4n) is 1.71. The van der Waals surface area contributed by atoms with Crippen LogP contribution in [0.1, 0.15) is 34.5 Å². The van der Waals surface area contributed by atoms with E-state index in [-0.39, 0.29) is 11.8 Å². The fraction of sp³-hybridized carbons (Fsp3) is 0.133. The van der Waals surface area contributed by atoms with Crippen LogP contribution in [0.25, 0.3) is 0 Å². The molecule has 0 unspecified atom stereocenters. The molecule has 0 spiro atoms. The first-order chi connectivity index (χ1) is 8.58. The first-order valence-electron chi connectivity index (χ1n) is 5.74. The minimum absolute atomic E-state index is 0.00699. The zero-order chi connectivity index (χ0) is 13.1. The van der Waals surface area contributed by atoms with E-state index in [1.165, 1.54) is 0 Å². The van der Waals surface area contributed by atoms with Gasteiger partial charge in [-0.05, 0) is 59.3 Å². The predicted octanol–water partition coefficient (Wildman–Crippen LogP) is 3.54. The fourth-order valence-corrected chi connectivity index (χ4v) is 2.07. The Bertz CT molecular complexity index is 544. The minimum Gasteiger partial charge on any atom is -0.324 e. The Morgan fingerprint density at radius 1 is 1.00 bits per heavy atom. The van der Waals surface area contributed by atoms with Gasteiger partial charge in [-0.25, -0.2) is 0 Å². The molecule has 0 saturated heterocycles. The molecule has 0 heterocycles. The van der Waals surface area contributed by atoms with Crippen molar-refractivity contribution in [1.82, 2.24) is 0 Å². The highest BCUT2D eigenvalue weighted by atomic mass is 127. The van der Waals surface area contributed by atoms with Crippen LogP contribution in [0.2, 0.25) is 0 Å². The minimum atomic E-state index is -0.00699. The van der Waals surface area contributed by atoms with E-state index in [2.05, 4.69) is 22.6 Å². The van der Waals surface area contributed by atoms with Gasteiger partial charge in [-0.3, -0.25) is 4.79 Å². The number of carbonyl (C=O) groups excluding carboxylic acids is 1. The zero-order valence-electron chi connectivity index (χ0n) is 10.1. The van der Waals surface area contributed by atoms with Crippen molar-refractivity contribution in [3.8, 4) is 0 Å². The van der Waals surface area contributed by atoms with Gasteiger partial charge < -0.3 is 5.73 Å². The van der Waals surface area contributed by atoms with Crippen LogP contribution < -0.4 is 5.73 Å². The average Bonchev–Trinajstić information content (AvgIpc) is 2.39. The predicted molar refractivity (Wildman–Crippen MR) is 81.6 cm³/mol. The molecule has 2 aromatic rings. The SMILES string of the molecule is C[C@@H](N)c1ccc(C(=O)c2ccc(I)cc2)cc1. The maximum atomic E-state index is 12.2. The standard InChI is InChI=1S/C15H14INO/c1-10(17)11-2-4-12(5-3-11)15(18)13-6-8-14(16)9-7-13/h2-10H,17H2,1H3/t10-/m1/s1. The Morgan fingerprint density at radius 3 is 1.89 bits per heavy atom. The van der Waals surface area contributed by atoms with E-state index in [0.717, 1.165) is 9.13 Å². The molecule has 0 radical (unpaired) electrons. The van der Waals surface area contributed by atoms with Crippen LogP contribution >= 0.6 is 22.6 Å². The van der Waals surface area contributed by atoms with Crippen LogP contribution in [0, 0.1) is 3.57 Å². The van der Waals surface area contributed by atoms with Gasteiger partial charge in [-0.1, -0.05) is 24.3 Å². The Kier molecular flexibility index (Phi) is 4.14. The van der Waals surface area contributed by atoms with Crippen molar-refractivity contribution < 1.29 is 4.79 Å². The molecule has 0 amide bonds. The summed E-state index contributed by atoms with van der Waals surface area (Å²) in [5, 5.41) is 0. The molecular formula is C15H14INO. The average molecular weight is 351 g/mol. The number of halogens is 1. The molecule has 0 aliphatic rings. The molecule has 0 aliphatic heterocycles. The number of rotatable bonds is 3. The number of hydrogen-bond donors (Lipinski definition) is 1. The molecule has 0 aromatic heterocycles. The largest absolute Gasteiger partial charge is 0.324 e. The topological polar surface area (TPSA) is 43.1 Å². The van der Waals surface area contributed by atoms with Crippen molar-refractivity contribution >= 4 is 28.4 Å². The molecule has 2 aromatic carbocycles. The van der Waals surface area contributed by atoms with Crippen molar-refractivity contribution in [3.05, 3.63) is 68.8 Å². The molecule has 0 bridgehead atoms. The molecule has 2 rings (SSSR count). The molecule has 0 saturated carbocycles. The highest BCUT2D eigenvalue weighted by Gasteiger charge is 2.09. The third-order valence-electron chi connectivity index (χ3n) is 2.81. The van der Waals surface area contributed by atoms with E-state index in [9.17, 15) is 4.79 Å². The summed E-state index contributed by atoms with van der Waals surface area (Å²) in [4.78, 5) is 12.2. The third kappa shape index (κ3) is 2.97. The maximum Gasteiger partial charge on any atom is 0.193 e. The second kappa shape index (κ2) is 5.63. The summed E-state index contributed by atoms with van der Waals surface area (Å²) in [6.45, 7) is 1.93. The summed E-state index contributed by atoms with van der Waals surface area (Å²) >= 11 is 2.22. The number of carbonyl (C=O) groups is 1. The lowest BCUT2D eigenvalue weighted by Crippen LogP contribution is -2.06. The molecule has 0 fully saturated rings. The van der Waals surface area contributed by atoms with Crippen molar-refractivity contribution in [2.75, 3.05) is 0 Å². The number of hydrogen-bond acceptors (Lipinski definition) is 2. The molecule has 18 heavy (non-hydrogen) atoms. The summed E-state index contributed by atoms with van der Waals surface area (Å²) < 4.78 is 1.12. The van der Waals surface area contributed by atoms with E-state index in [1.807, 2.05) is 55.5 Å². The van der Waals surface area contributed by atoms with Gasteiger partial charge in [0.25, 0.3) is 0 Å². The smallest absolute Gasteiger partial charge is 0.193 e. The van der Waals surface area contributed by atoms with Crippen molar-refractivity contribution in [1.29, 1.82) is 0 Å². The second-order valence-corrected chi connectivity index (χ2v) is 5.49. The van der Waals surface area contributed by atoms with E-state index in [0.29, 0.717) is 11.1 Å². The van der Waals surface area contributed by atoms with Gasteiger partial charge in [-0.2, -0.15) is 0 Å². The number of nitrogens with two attached hydrogens (primary N) is 1. The summed E-state index contributed by atoms with van der Waals surface area (Å²) in [6, 6.07) is 15.0. The van der Waals surface area contributed by atoms with E-state index in [1.54, 1.807) is 0 Å². The van der Waals surface area contributed by atoms with E-state index < -0.39 is 0 Å². The van der Waals surface area contributed by atoms with Gasteiger partial charge in [0.1, 0.15) is 0 Å². The first-order valence-corrected chi connectivity index (χ1v) is 6.81. The van der Waals surface area contributed by atoms with Crippen LogP contribution in [0.5, 0.6) is 0 Å². The molecule has 92 valence electrons. The van der Waals surface area contributed by atoms with Crippen LogP contribution in [0.4, 0.5) is 0 Å². The number of ketones is 1. The molecular weight excluding hydrogens is 337 g/mol. The number of benzene rings is 2. The summed E-state index contributed by atoms with van der Waals surface area (Å²) in [7, 11) is 0. The Labute approximate surface area is 120 Å². The summed E-state index contributed by atoms with van der Waals surface area (Å²) in [5.74, 6) is 0.0441. The lowest BCUT2D eigenvalue weighted by Gasteiger charge is -2.06. The van der Waals surface area contributed by atoms with Gasteiger partial charge >= 0.3 is 0 Å². The van der Waals surface area contributed by atoms with Gasteiger partial charge in [0, 0.05) is 20.7 Å². The summed E-state index contributed by atoms with van der Waals surface area (Å²) in [5.41, 5.74) is 8.23. The normalized spacial score (nSPS) is 12.2. The van der Waals surface area contributed by atoms with Gasteiger partial charge in [0.05, 0.1) is 0 Å². The Hall–Kier alpha value is -1.20. The Balaban J connectivity index is 2.26. The zero-order valence-corrected chi connectivity index (χ0v) is 12.2. The van der Waals surface area contributed by atoms with Crippen molar-refractivity contribution in [3.63, 3.8) is 0 Å². The molecule has 2 nitrogen and oxygen atoms in total. The van der Waals surface area contributed by atoms with Crippen LogP contribution in [-0.4, -0.2) is 5.78 Å². The maximum absolute atomic E-state index is 12.2. The van der Waals surface area contributed by atoms with Crippen LogP contribution in [0.15, 0.2) is 48.5 Å². The molecule has 0 aliphatic carbocycles. The second-order valence-electron chi connectivity index (χ2n) is 4.25. The molecule has 1 atom stereocenters. The highest BCUT2D eigenvalue weighted by Crippen LogP contribution is 2.15. The van der Waals surface area contributed by atoms with Crippen LogP contribution in [-0.2, 0) is 0 Å². The Morgan fingerprint density at radius 2 is 1.44 bits per heavy atom. The third-order valence-corrected chi connectivity index (χ3v) is 3.52. The molecule has 3 heteroatoms. The van der Waals surface area contributed by atoms with Gasteiger partial charge in [-0.15, -0.1) is 0 Å². The lowest BCUT2D eigenvalue weighted by molar-refractivity contribution is 0.103. The van der Waals surface area contributed by atoms with Crippen molar-refractivity contribution in [2.24, 2.45) is 5.73 Å².